The lowest BCUT2D eigenvalue weighted by Gasteiger charge is -2.42. The molecule has 1 amide bonds. The molecule has 1 spiro atoms. The molecular weight excluding hydrogens is 278 g/mol. The van der Waals surface area contributed by atoms with Gasteiger partial charge in [-0.1, -0.05) is 0 Å². The summed E-state index contributed by atoms with van der Waals surface area (Å²) in [6.07, 6.45) is 3.32. The number of carbonyl (C=O) groups excluding carboxylic acids is 1. The van der Waals surface area contributed by atoms with Gasteiger partial charge in [0.1, 0.15) is 0 Å². The molecule has 5 nitrogen and oxygen atoms in total. The minimum absolute atomic E-state index is 0.248. The number of likely N-dealkylation sites (tertiary alicyclic amines) is 1. The smallest absolute Gasteiger partial charge is 0.261 e. The number of amides is 1. The van der Waals surface area contributed by atoms with Gasteiger partial charge in [-0.3, -0.25) is 19.7 Å². The normalized spacial score (nSPS) is 28.8. The highest BCUT2D eigenvalue weighted by molar-refractivity contribution is 5.85. The standard InChI is InChI=1S/C14H18F2N4O/c1-10-4-17-5-11(19-10)6-20-8-13(2-3-18-12(13)21)7-14(15,16)9-20/h4-5H,2-3,6-9H2,1H3,(H,18,21). The van der Waals surface area contributed by atoms with Crippen LogP contribution >= 0.6 is 0 Å². The first-order chi connectivity index (χ1) is 9.89. The molecule has 7 heteroatoms. The molecule has 0 aromatic carbocycles. The predicted octanol–water partition coefficient (Wildman–Crippen LogP) is 1.13. The van der Waals surface area contributed by atoms with Crippen molar-refractivity contribution in [1.82, 2.24) is 20.2 Å². The molecule has 114 valence electrons. The second-order valence-electron chi connectivity index (χ2n) is 6.12. The van der Waals surface area contributed by atoms with Crippen LogP contribution in [0.1, 0.15) is 24.2 Å². The van der Waals surface area contributed by atoms with Gasteiger partial charge in [0.05, 0.1) is 23.3 Å². The van der Waals surface area contributed by atoms with Gasteiger partial charge in [0.25, 0.3) is 5.92 Å². The number of aromatic nitrogens is 2. The Morgan fingerprint density at radius 2 is 2.19 bits per heavy atom. The lowest BCUT2D eigenvalue weighted by molar-refractivity contribution is -0.149. The van der Waals surface area contributed by atoms with Gasteiger partial charge in [0.2, 0.25) is 5.91 Å². The average molecular weight is 296 g/mol. The van der Waals surface area contributed by atoms with Crippen LogP contribution in [0.5, 0.6) is 0 Å². The average Bonchev–Trinajstić information content (AvgIpc) is 2.67. The summed E-state index contributed by atoms with van der Waals surface area (Å²) in [5, 5.41) is 2.68. The molecule has 0 bridgehead atoms. The number of nitrogens with zero attached hydrogens (tertiary/aromatic N) is 3. The van der Waals surface area contributed by atoms with Crippen LogP contribution in [0.2, 0.25) is 0 Å². The second kappa shape index (κ2) is 4.98. The highest BCUT2D eigenvalue weighted by atomic mass is 19.3. The van der Waals surface area contributed by atoms with Crippen LogP contribution in [0, 0.1) is 12.3 Å². The second-order valence-corrected chi connectivity index (χ2v) is 6.12. The summed E-state index contributed by atoms with van der Waals surface area (Å²) in [6, 6.07) is 0. The highest BCUT2D eigenvalue weighted by Crippen LogP contribution is 2.43. The molecule has 2 fully saturated rings. The molecule has 2 aliphatic heterocycles. The van der Waals surface area contributed by atoms with Crippen LogP contribution in [-0.2, 0) is 11.3 Å². The van der Waals surface area contributed by atoms with E-state index in [2.05, 4.69) is 15.3 Å². The highest BCUT2D eigenvalue weighted by Gasteiger charge is 2.54. The summed E-state index contributed by atoms with van der Waals surface area (Å²) in [4.78, 5) is 21.9. The van der Waals surface area contributed by atoms with Crippen LogP contribution in [0.4, 0.5) is 8.78 Å². The van der Waals surface area contributed by atoms with Crippen LogP contribution in [0.15, 0.2) is 12.4 Å². The maximum Gasteiger partial charge on any atom is 0.261 e. The third-order valence-electron chi connectivity index (χ3n) is 4.14. The quantitative estimate of drug-likeness (QED) is 0.889. The van der Waals surface area contributed by atoms with Gasteiger partial charge in [-0.2, -0.15) is 0 Å². The first-order valence-electron chi connectivity index (χ1n) is 7.05. The number of alkyl halides is 2. The fourth-order valence-electron chi connectivity index (χ4n) is 3.39. The molecule has 1 N–H and O–H groups in total. The fraction of sp³-hybridized carbons (Fsp3) is 0.643. The Hall–Kier alpha value is -1.63. The zero-order valence-electron chi connectivity index (χ0n) is 11.9. The summed E-state index contributed by atoms with van der Waals surface area (Å²) in [6.45, 7) is 2.60. The zero-order chi connectivity index (χ0) is 15.1. The number of carbonyl (C=O) groups is 1. The van der Waals surface area contributed by atoms with Gasteiger partial charge in [0.15, 0.2) is 0 Å². The zero-order valence-corrected chi connectivity index (χ0v) is 11.9. The van der Waals surface area contributed by atoms with E-state index in [1.54, 1.807) is 17.3 Å². The van der Waals surface area contributed by atoms with Crippen LogP contribution in [0.25, 0.3) is 0 Å². The van der Waals surface area contributed by atoms with E-state index in [0.717, 1.165) is 5.69 Å². The van der Waals surface area contributed by atoms with E-state index in [1.165, 1.54) is 0 Å². The van der Waals surface area contributed by atoms with E-state index in [9.17, 15) is 13.6 Å². The molecule has 0 aliphatic carbocycles. The van der Waals surface area contributed by atoms with Gasteiger partial charge < -0.3 is 5.32 Å². The summed E-state index contributed by atoms with van der Waals surface area (Å²) in [5.41, 5.74) is 0.449. The maximum atomic E-state index is 14.0. The molecule has 1 atom stereocenters. The van der Waals surface area contributed by atoms with Gasteiger partial charge in [-0.05, 0) is 13.3 Å². The third-order valence-corrected chi connectivity index (χ3v) is 4.14. The van der Waals surface area contributed by atoms with Gasteiger partial charge in [-0.15, -0.1) is 0 Å². The summed E-state index contributed by atoms with van der Waals surface area (Å²) in [7, 11) is 0. The van der Waals surface area contributed by atoms with Gasteiger partial charge >= 0.3 is 0 Å². The SMILES string of the molecule is Cc1cncc(CN2CC(F)(F)CC3(CCNC3=O)C2)n1. The number of nitrogens with one attached hydrogen (secondary N) is 1. The monoisotopic (exact) mass is 296 g/mol. The first-order valence-corrected chi connectivity index (χ1v) is 7.05. The molecule has 2 saturated heterocycles. The minimum atomic E-state index is -2.85. The van der Waals surface area contributed by atoms with E-state index >= 15 is 0 Å². The van der Waals surface area contributed by atoms with Crippen molar-refractivity contribution in [2.24, 2.45) is 5.41 Å². The van der Waals surface area contributed by atoms with Gasteiger partial charge in [-0.25, -0.2) is 8.78 Å². The Balaban J connectivity index is 1.80. The predicted molar refractivity (Wildman–Crippen MR) is 71.7 cm³/mol. The Bertz CT molecular complexity index is 566. The Kier molecular flexibility index (Phi) is 3.39. The van der Waals surface area contributed by atoms with Crippen molar-refractivity contribution >= 4 is 5.91 Å². The topological polar surface area (TPSA) is 58.1 Å². The van der Waals surface area contributed by atoms with Crippen molar-refractivity contribution < 1.29 is 13.6 Å². The van der Waals surface area contributed by atoms with E-state index in [4.69, 9.17) is 0 Å². The van der Waals surface area contributed by atoms with Crippen molar-refractivity contribution in [2.45, 2.75) is 32.2 Å². The van der Waals surface area contributed by atoms with E-state index in [-0.39, 0.29) is 18.9 Å². The van der Waals surface area contributed by atoms with Crippen molar-refractivity contribution in [1.29, 1.82) is 0 Å². The molecule has 3 heterocycles. The van der Waals surface area contributed by atoms with Crippen LogP contribution in [0.3, 0.4) is 0 Å². The largest absolute Gasteiger partial charge is 0.356 e. The fourth-order valence-corrected chi connectivity index (χ4v) is 3.39. The maximum absolute atomic E-state index is 14.0. The Morgan fingerprint density at radius 1 is 1.38 bits per heavy atom. The molecule has 0 saturated carbocycles. The Morgan fingerprint density at radius 3 is 2.86 bits per heavy atom. The van der Waals surface area contributed by atoms with Crippen molar-refractivity contribution in [3.8, 4) is 0 Å². The number of rotatable bonds is 2. The molecule has 3 rings (SSSR count). The molecule has 0 radical (unpaired) electrons. The molecule has 21 heavy (non-hydrogen) atoms. The Labute approximate surface area is 121 Å². The molecule has 1 unspecified atom stereocenters. The summed E-state index contributed by atoms with van der Waals surface area (Å²) < 4.78 is 28.1. The van der Waals surface area contributed by atoms with Crippen LogP contribution < -0.4 is 5.32 Å². The molecule has 1 aromatic heterocycles. The summed E-state index contributed by atoms with van der Waals surface area (Å²) >= 11 is 0. The van der Waals surface area contributed by atoms with E-state index in [1.807, 2.05) is 6.92 Å². The lowest BCUT2D eigenvalue weighted by Crippen LogP contribution is -2.55. The third kappa shape index (κ3) is 2.88. The molecule has 2 aliphatic rings. The number of hydrogen-bond donors (Lipinski definition) is 1. The molecule has 1 aromatic rings. The number of hydrogen-bond acceptors (Lipinski definition) is 4. The first kappa shape index (κ1) is 14.3. The lowest BCUT2D eigenvalue weighted by atomic mass is 9.77. The van der Waals surface area contributed by atoms with Gasteiger partial charge in [0, 0.05) is 38.4 Å². The summed E-state index contributed by atoms with van der Waals surface area (Å²) in [5.74, 6) is -3.10. The van der Waals surface area contributed by atoms with Crippen molar-refractivity contribution in [3.63, 3.8) is 0 Å². The number of halogens is 2. The minimum Gasteiger partial charge on any atom is -0.356 e. The number of aryl methyl sites for hydroxylation is 1. The number of piperidine rings is 1. The van der Waals surface area contributed by atoms with E-state index in [0.29, 0.717) is 31.7 Å². The van der Waals surface area contributed by atoms with Crippen molar-refractivity contribution in [2.75, 3.05) is 19.6 Å². The van der Waals surface area contributed by atoms with Crippen molar-refractivity contribution in [3.05, 3.63) is 23.8 Å². The van der Waals surface area contributed by atoms with E-state index < -0.39 is 11.3 Å². The molecular formula is C14H18F2N4O. The van der Waals surface area contributed by atoms with Crippen LogP contribution in [-0.4, -0.2) is 46.3 Å².